The van der Waals surface area contributed by atoms with Gasteiger partial charge in [-0.15, -0.1) is 0 Å². The number of halogens is 1. The summed E-state index contributed by atoms with van der Waals surface area (Å²) in [6, 6.07) is 8.19. The lowest BCUT2D eigenvalue weighted by Gasteiger charge is -2.41. The van der Waals surface area contributed by atoms with Crippen LogP contribution >= 0.6 is 15.9 Å². The van der Waals surface area contributed by atoms with Crippen LogP contribution in [0.5, 0.6) is 11.5 Å². The first kappa shape index (κ1) is 29.1. The fourth-order valence-electron chi connectivity index (χ4n) is 5.38. The van der Waals surface area contributed by atoms with E-state index in [-0.39, 0.29) is 17.6 Å². The Morgan fingerprint density at radius 2 is 1.85 bits per heavy atom. The highest BCUT2D eigenvalue weighted by molar-refractivity contribution is 9.10. The van der Waals surface area contributed by atoms with Crippen molar-refractivity contribution < 1.29 is 28.6 Å². The highest BCUT2D eigenvalue weighted by Crippen LogP contribution is 2.48. The molecular weight excluding hydrogens is 564 g/mol. The number of nitrogens with zero attached hydrogens (tertiary/aromatic N) is 1. The fraction of sp³-hybridized carbons (Fsp3) is 0.500. The standard InChI is InChI=1S/C30H37BrN2O6/c1-16(2)26-28(35)33(21-13-9-11-17-10-7-8-12-19(17)21)24(25(34)23(32)29(36)39-30(3,4)5)20-14-18(31)15-22(37-6)27(20)38-26/h7-8,10,12,14-16,21,23-24,26H,9,11,13,32H2,1-6H3. The van der Waals surface area contributed by atoms with Crippen LogP contribution in [-0.4, -0.2) is 47.4 Å². The molecule has 0 spiro atoms. The number of fused-ring (bicyclic) bond motifs is 2. The SMILES string of the molecule is COc1cc(Br)cc2c1OC(C(C)C)C(=O)N(C1CCCc3ccccc31)C2C(=O)C(N)C(=O)OC(C)(C)C. The summed E-state index contributed by atoms with van der Waals surface area (Å²) < 4.78 is 18.1. The lowest BCUT2D eigenvalue weighted by Crippen LogP contribution is -2.53. The number of methoxy groups -OCH3 is 1. The van der Waals surface area contributed by atoms with Gasteiger partial charge in [-0.3, -0.25) is 9.59 Å². The first-order valence-corrected chi connectivity index (χ1v) is 14.1. The van der Waals surface area contributed by atoms with Gasteiger partial charge in [0.15, 0.2) is 29.4 Å². The van der Waals surface area contributed by atoms with Crippen LogP contribution in [0.1, 0.15) is 76.2 Å². The second-order valence-electron chi connectivity index (χ2n) is 11.5. The summed E-state index contributed by atoms with van der Waals surface area (Å²) in [5.41, 5.74) is 7.97. The quantitative estimate of drug-likeness (QED) is 0.364. The molecule has 0 saturated heterocycles. The number of benzene rings is 2. The highest BCUT2D eigenvalue weighted by atomic mass is 79.9. The van der Waals surface area contributed by atoms with Gasteiger partial charge in [-0.2, -0.15) is 0 Å². The van der Waals surface area contributed by atoms with Gasteiger partial charge in [-0.05, 0) is 69.2 Å². The number of Topliss-reactive ketones (excluding diaryl/α,β-unsaturated/α-hetero) is 1. The van der Waals surface area contributed by atoms with Crippen LogP contribution in [0.25, 0.3) is 0 Å². The van der Waals surface area contributed by atoms with E-state index < -0.39 is 41.6 Å². The maximum Gasteiger partial charge on any atom is 0.331 e. The van der Waals surface area contributed by atoms with E-state index in [1.165, 1.54) is 7.11 Å². The number of carbonyl (C=O) groups is 3. The van der Waals surface area contributed by atoms with Crippen LogP contribution in [0.2, 0.25) is 0 Å². The van der Waals surface area contributed by atoms with Crippen LogP contribution in [0, 0.1) is 5.92 Å². The van der Waals surface area contributed by atoms with Crippen LogP contribution < -0.4 is 15.2 Å². The molecule has 9 heteroatoms. The average molecular weight is 602 g/mol. The van der Waals surface area contributed by atoms with E-state index in [0.29, 0.717) is 22.2 Å². The molecule has 2 aliphatic rings. The number of carbonyl (C=O) groups excluding carboxylic acids is 3. The third-order valence-corrected chi connectivity index (χ3v) is 7.56. The zero-order valence-corrected chi connectivity index (χ0v) is 24.9. The molecule has 8 nitrogen and oxygen atoms in total. The van der Waals surface area contributed by atoms with E-state index in [9.17, 15) is 14.4 Å². The molecule has 39 heavy (non-hydrogen) atoms. The molecule has 1 aliphatic carbocycles. The molecule has 0 fully saturated rings. The van der Waals surface area contributed by atoms with E-state index in [1.54, 1.807) is 37.8 Å². The number of esters is 1. The number of rotatable bonds is 6. The molecule has 1 heterocycles. The molecule has 1 aliphatic heterocycles. The number of hydrogen-bond acceptors (Lipinski definition) is 7. The molecule has 0 bridgehead atoms. The van der Waals surface area contributed by atoms with E-state index in [0.717, 1.165) is 24.0 Å². The topological polar surface area (TPSA) is 108 Å². The summed E-state index contributed by atoms with van der Waals surface area (Å²) in [7, 11) is 1.50. The number of hydrogen-bond donors (Lipinski definition) is 1. The summed E-state index contributed by atoms with van der Waals surface area (Å²) >= 11 is 3.52. The minimum Gasteiger partial charge on any atom is -0.493 e. The molecule has 0 radical (unpaired) electrons. The Kier molecular flexibility index (Phi) is 8.42. The minimum atomic E-state index is -1.61. The average Bonchev–Trinajstić information content (AvgIpc) is 3.00. The second-order valence-corrected chi connectivity index (χ2v) is 12.4. The van der Waals surface area contributed by atoms with Gasteiger partial charge in [0.05, 0.1) is 13.2 Å². The molecule has 4 atom stereocenters. The lowest BCUT2D eigenvalue weighted by atomic mass is 9.84. The van der Waals surface area contributed by atoms with Crippen molar-refractivity contribution >= 4 is 33.6 Å². The molecular formula is C30H37BrN2O6. The Bertz CT molecular complexity index is 1270. The number of aryl methyl sites for hydroxylation is 1. The molecule has 1 amide bonds. The molecule has 210 valence electrons. The second kappa shape index (κ2) is 11.3. The maximum atomic E-state index is 14.4. The van der Waals surface area contributed by atoms with Gasteiger partial charge >= 0.3 is 5.97 Å². The normalized spacial score (nSPS) is 21.8. The van der Waals surface area contributed by atoms with Crippen molar-refractivity contribution in [1.29, 1.82) is 0 Å². The van der Waals surface area contributed by atoms with Crippen molar-refractivity contribution in [2.75, 3.05) is 7.11 Å². The van der Waals surface area contributed by atoms with E-state index in [4.69, 9.17) is 19.9 Å². The lowest BCUT2D eigenvalue weighted by molar-refractivity contribution is -0.161. The molecule has 2 aromatic carbocycles. The fourth-order valence-corrected chi connectivity index (χ4v) is 5.84. The number of nitrogens with two attached hydrogens (primary N) is 1. The Labute approximate surface area is 238 Å². The van der Waals surface area contributed by atoms with Crippen LogP contribution in [0.4, 0.5) is 0 Å². The van der Waals surface area contributed by atoms with Gasteiger partial charge in [0.1, 0.15) is 11.6 Å². The molecule has 2 aromatic rings. The van der Waals surface area contributed by atoms with Gasteiger partial charge < -0.3 is 24.8 Å². The first-order chi connectivity index (χ1) is 18.3. The van der Waals surface area contributed by atoms with Crippen LogP contribution in [0.3, 0.4) is 0 Å². The van der Waals surface area contributed by atoms with Crippen LogP contribution in [-0.2, 0) is 25.5 Å². The van der Waals surface area contributed by atoms with Crippen molar-refractivity contribution in [3.8, 4) is 11.5 Å². The summed E-state index contributed by atoms with van der Waals surface area (Å²) in [6.45, 7) is 8.92. The largest absolute Gasteiger partial charge is 0.493 e. The van der Waals surface area contributed by atoms with Crippen LogP contribution in [0.15, 0.2) is 40.9 Å². The van der Waals surface area contributed by atoms with Gasteiger partial charge in [0.25, 0.3) is 5.91 Å². The van der Waals surface area contributed by atoms with Gasteiger partial charge in [0, 0.05) is 10.0 Å². The summed E-state index contributed by atoms with van der Waals surface area (Å²) in [4.78, 5) is 43.4. The summed E-state index contributed by atoms with van der Waals surface area (Å²) in [5, 5.41) is 0. The molecule has 2 N–H and O–H groups in total. The Balaban J connectivity index is 1.96. The Morgan fingerprint density at radius 3 is 2.49 bits per heavy atom. The third kappa shape index (κ3) is 5.84. The monoisotopic (exact) mass is 600 g/mol. The van der Waals surface area contributed by atoms with Crippen molar-refractivity contribution in [3.05, 3.63) is 57.6 Å². The van der Waals surface area contributed by atoms with Gasteiger partial charge in [-0.1, -0.05) is 54.0 Å². The minimum absolute atomic E-state index is 0.214. The van der Waals surface area contributed by atoms with Crippen molar-refractivity contribution in [2.24, 2.45) is 11.7 Å². The third-order valence-electron chi connectivity index (χ3n) is 7.10. The van der Waals surface area contributed by atoms with Crippen molar-refractivity contribution in [3.63, 3.8) is 0 Å². The zero-order valence-electron chi connectivity index (χ0n) is 23.3. The molecule has 4 unspecified atom stereocenters. The molecule has 0 aromatic heterocycles. The van der Waals surface area contributed by atoms with Gasteiger partial charge in [0.2, 0.25) is 0 Å². The van der Waals surface area contributed by atoms with Gasteiger partial charge in [-0.25, -0.2) is 4.79 Å². The molecule has 4 rings (SSSR count). The Morgan fingerprint density at radius 1 is 1.15 bits per heavy atom. The predicted molar refractivity (Wildman–Crippen MR) is 150 cm³/mol. The zero-order chi connectivity index (χ0) is 28.6. The first-order valence-electron chi connectivity index (χ1n) is 13.3. The smallest absolute Gasteiger partial charge is 0.331 e. The van der Waals surface area contributed by atoms with E-state index in [1.807, 2.05) is 32.0 Å². The van der Waals surface area contributed by atoms with Crippen molar-refractivity contribution in [1.82, 2.24) is 4.90 Å². The number of ketones is 1. The number of amides is 1. The maximum absolute atomic E-state index is 14.4. The Hall–Kier alpha value is -2.91. The van der Waals surface area contributed by atoms with E-state index >= 15 is 0 Å². The number of ether oxygens (including phenoxy) is 3. The summed E-state index contributed by atoms with van der Waals surface area (Å²) in [6.07, 6.45) is 1.49. The predicted octanol–water partition coefficient (Wildman–Crippen LogP) is 5.06. The summed E-state index contributed by atoms with van der Waals surface area (Å²) in [5.74, 6) is -1.39. The van der Waals surface area contributed by atoms with Crippen molar-refractivity contribution in [2.45, 2.75) is 83.7 Å². The highest BCUT2D eigenvalue weighted by Gasteiger charge is 2.49. The van der Waals surface area contributed by atoms with E-state index in [2.05, 4.69) is 22.0 Å². The molecule has 0 saturated carbocycles.